The van der Waals surface area contributed by atoms with E-state index in [1.165, 1.54) is 28.1 Å². The van der Waals surface area contributed by atoms with Crippen molar-refractivity contribution >= 4 is 28.7 Å². The Balaban J connectivity index is 1.75. The van der Waals surface area contributed by atoms with Crippen molar-refractivity contribution in [3.63, 3.8) is 0 Å². The monoisotopic (exact) mass is 340 g/mol. The highest BCUT2D eigenvalue weighted by atomic mass is 32.1. The first kappa shape index (κ1) is 16.7. The average Bonchev–Trinajstić information content (AvgIpc) is 2.88. The van der Waals surface area contributed by atoms with Crippen LogP contribution in [0.4, 0.5) is 5.69 Å². The SMILES string of the molecule is CCc1c(C)[nH]c2c1/C(=N/NC(=S)Nc1cccc(C)c1)CCC2. The quantitative estimate of drug-likeness (QED) is 0.579. The van der Waals surface area contributed by atoms with Crippen LogP contribution in [0.25, 0.3) is 0 Å². The molecule has 0 aliphatic heterocycles. The molecule has 4 nitrogen and oxygen atoms in total. The average molecular weight is 340 g/mol. The van der Waals surface area contributed by atoms with Crippen LogP contribution in [-0.2, 0) is 12.8 Å². The molecule has 1 aliphatic rings. The molecule has 3 N–H and O–H groups in total. The molecule has 0 atom stereocenters. The number of aromatic nitrogens is 1. The number of H-pyrrole nitrogens is 1. The van der Waals surface area contributed by atoms with Gasteiger partial charge in [0, 0.05) is 22.6 Å². The van der Waals surface area contributed by atoms with Gasteiger partial charge in [-0.1, -0.05) is 19.1 Å². The summed E-state index contributed by atoms with van der Waals surface area (Å²) in [6.07, 6.45) is 4.22. The van der Waals surface area contributed by atoms with Crippen LogP contribution >= 0.6 is 12.2 Å². The van der Waals surface area contributed by atoms with Gasteiger partial charge in [0.1, 0.15) is 0 Å². The molecule has 1 heterocycles. The summed E-state index contributed by atoms with van der Waals surface area (Å²) < 4.78 is 0. The molecule has 0 radical (unpaired) electrons. The van der Waals surface area contributed by atoms with Gasteiger partial charge in [-0.25, -0.2) is 0 Å². The number of rotatable bonds is 3. The van der Waals surface area contributed by atoms with Gasteiger partial charge in [0.2, 0.25) is 0 Å². The van der Waals surface area contributed by atoms with E-state index in [1.807, 2.05) is 12.1 Å². The third kappa shape index (κ3) is 3.51. The van der Waals surface area contributed by atoms with Crippen molar-refractivity contribution in [3.8, 4) is 0 Å². The minimum Gasteiger partial charge on any atom is -0.362 e. The van der Waals surface area contributed by atoms with Gasteiger partial charge in [0.15, 0.2) is 5.11 Å². The second kappa shape index (κ2) is 7.18. The number of aryl methyl sites for hydroxylation is 3. The molecule has 1 aromatic heterocycles. The fourth-order valence-electron chi connectivity index (χ4n) is 3.38. The van der Waals surface area contributed by atoms with Crippen molar-refractivity contribution in [2.75, 3.05) is 5.32 Å². The van der Waals surface area contributed by atoms with Gasteiger partial charge >= 0.3 is 0 Å². The van der Waals surface area contributed by atoms with Gasteiger partial charge in [-0.05, 0) is 75.0 Å². The van der Waals surface area contributed by atoms with E-state index in [0.29, 0.717) is 5.11 Å². The van der Waals surface area contributed by atoms with Gasteiger partial charge in [0.05, 0.1) is 5.71 Å². The molecule has 0 bridgehead atoms. The summed E-state index contributed by atoms with van der Waals surface area (Å²) in [5.41, 5.74) is 11.5. The second-order valence-electron chi connectivity index (χ2n) is 6.28. The van der Waals surface area contributed by atoms with Gasteiger partial charge in [-0.3, -0.25) is 5.43 Å². The largest absolute Gasteiger partial charge is 0.362 e. The Labute approximate surface area is 148 Å². The highest BCUT2D eigenvalue weighted by molar-refractivity contribution is 7.80. The molecule has 0 spiro atoms. The fraction of sp³-hybridized carbons (Fsp3) is 0.368. The highest BCUT2D eigenvalue weighted by Crippen LogP contribution is 2.27. The molecule has 0 unspecified atom stereocenters. The van der Waals surface area contributed by atoms with E-state index in [-0.39, 0.29) is 0 Å². The van der Waals surface area contributed by atoms with Crippen molar-refractivity contribution in [1.82, 2.24) is 10.4 Å². The Hall–Kier alpha value is -2.14. The standard InChI is InChI=1S/C19H24N4S/c1-4-15-13(3)20-16-9-6-10-17(18(15)16)22-23-19(24)21-14-8-5-7-12(2)11-14/h5,7-8,11,20H,4,6,9-10H2,1-3H3,(H2,21,23,24)/b22-17+. The predicted molar refractivity (Wildman–Crippen MR) is 105 cm³/mol. The Morgan fingerprint density at radius 1 is 1.29 bits per heavy atom. The lowest BCUT2D eigenvalue weighted by Crippen LogP contribution is -2.26. The Kier molecular flexibility index (Phi) is 5.00. The second-order valence-corrected chi connectivity index (χ2v) is 6.69. The van der Waals surface area contributed by atoms with Crippen LogP contribution in [0.2, 0.25) is 0 Å². The predicted octanol–water partition coefficient (Wildman–Crippen LogP) is 4.22. The maximum absolute atomic E-state index is 5.38. The maximum atomic E-state index is 5.38. The van der Waals surface area contributed by atoms with E-state index in [4.69, 9.17) is 12.2 Å². The molecule has 24 heavy (non-hydrogen) atoms. The van der Waals surface area contributed by atoms with Crippen LogP contribution in [0, 0.1) is 13.8 Å². The van der Waals surface area contributed by atoms with Crippen molar-refractivity contribution in [2.45, 2.75) is 46.5 Å². The number of anilines is 1. The third-order valence-electron chi connectivity index (χ3n) is 4.45. The van der Waals surface area contributed by atoms with E-state index < -0.39 is 0 Å². The molecule has 0 amide bonds. The molecule has 2 aromatic rings. The van der Waals surface area contributed by atoms with Crippen LogP contribution < -0.4 is 10.7 Å². The molecule has 1 aromatic carbocycles. The van der Waals surface area contributed by atoms with Crippen molar-refractivity contribution in [1.29, 1.82) is 0 Å². The first-order valence-corrected chi connectivity index (χ1v) is 8.90. The molecular weight excluding hydrogens is 316 g/mol. The maximum Gasteiger partial charge on any atom is 0.191 e. The van der Waals surface area contributed by atoms with E-state index in [2.05, 4.69) is 53.7 Å². The Bertz CT molecular complexity index is 789. The number of nitrogens with zero attached hydrogens (tertiary/aromatic N) is 1. The zero-order chi connectivity index (χ0) is 17.1. The van der Waals surface area contributed by atoms with Gasteiger partial charge in [-0.15, -0.1) is 0 Å². The molecule has 0 fully saturated rings. The summed E-state index contributed by atoms with van der Waals surface area (Å²) in [6, 6.07) is 8.13. The molecule has 3 rings (SSSR count). The minimum atomic E-state index is 0.519. The van der Waals surface area contributed by atoms with E-state index in [0.717, 1.165) is 37.1 Å². The minimum absolute atomic E-state index is 0.519. The van der Waals surface area contributed by atoms with E-state index in [1.54, 1.807) is 0 Å². The number of hydrogen-bond acceptors (Lipinski definition) is 2. The molecular formula is C19H24N4S. The zero-order valence-corrected chi connectivity index (χ0v) is 15.3. The Morgan fingerprint density at radius 2 is 2.12 bits per heavy atom. The summed E-state index contributed by atoms with van der Waals surface area (Å²) in [5.74, 6) is 0. The smallest absolute Gasteiger partial charge is 0.191 e. The Morgan fingerprint density at radius 3 is 2.88 bits per heavy atom. The van der Waals surface area contributed by atoms with Crippen LogP contribution in [0.3, 0.4) is 0 Å². The van der Waals surface area contributed by atoms with Crippen molar-refractivity contribution in [2.24, 2.45) is 5.10 Å². The van der Waals surface area contributed by atoms with E-state index >= 15 is 0 Å². The van der Waals surface area contributed by atoms with E-state index in [9.17, 15) is 0 Å². The van der Waals surface area contributed by atoms with Crippen molar-refractivity contribution in [3.05, 3.63) is 52.3 Å². The van der Waals surface area contributed by atoms with Gasteiger partial charge in [-0.2, -0.15) is 5.10 Å². The van der Waals surface area contributed by atoms with Crippen LogP contribution in [0.5, 0.6) is 0 Å². The molecule has 1 aliphatic carbocycles. The first-order valence-electron chi connectivity index (χ1n) is 8.49. The van der Waals surface area contributed by atoms with Crippen molar-refractivity contribution < 1.29 is 0 Å². The van der Waals surface area contributed by atoms with Gasteiger partial charge < -0.3 is 10.3 Å². The lowest BCUT2D eigenvalue weighted by molar-refractivity contribution is 0.808. The fourth-order valence-corrected chi connectivity index (χ4v) is 3.54. The zero-order valence-electron chi connectivity index (χ0n) is 14.5. The molecule has 126 valence electrons. The first-order chi connectivity index (χ1) is 11.6. The number of aromatic amines is 1. The van der Waals surface area contributed by atoms with Crippen LogP contribution in [0.15, 0.2) is 29.4 Å². The summed E-state index contributed by atoms with van der Waals surface area (Å²) in [5, 5.41) is 8.31. The number of hydrogen-bond donors (Lipinski definition) is 3. The number of thiocarbonyl (C=S) groups is 1. The summed E-state index contributed by atoms with van der Waals surface area (Å²) in [7, 11) is 0. The summed E-state index contributed by atoms with van der Waals surface area (Å²) >= 11 is 5.38. The number of nitrogens with one attached hydrogen (secondary N) is 3. The lowest BCUT2D eigenvalue weighted by Gasteiger charge is -2.16. The summed E-state index contributed by atoms with van der Waals surface area (Å²) in [6.45, 7) is 6.40. The third-order valence-corrected chi connectivity index (χ3v) is 4.64. The number of fused-ring (bicyclic) bond motifs is 1. The molecule has 5 heteroatoms. The number of benzene rings is 1. The van der Waals surface area contributed by atoms with Crippen LogP contribution in [0.1, 0.15) is 47.8 Å². The number of hydrazone groups is 1. The molecule has 0 saturated heterocycles. The molecule has 0 saturated carbocycles. The lowest BCUT2D eigenvalue weighted by atomic mass is 9.91. The van der Waals surface area contributed by atoms with Gasteiger partial charge in [0.25, 0.3) is 0 Å². The summed E-state index contributed by atoms with van der Waals surface area (Å²) in [4.78, 5) is 3.52. The highest BCUT2D eigenvalue weighted by Gasteiger charge is 2.22. The normalized spacial score (nSPS) is 15.2. The van der Waals surface area contributed by atoms with Crippen LogP contribution in [-0.4, -0.2) is 15.8 Å². The topological polar surface area (TPSA) is 52.2 Å².